The van der Waals surface area contributed by atoms with Crippen LogP contribution in [-0.2, 0) is 11.3 Å². The fourth-order valence-electron chi connectivity index (χ4n) is 4.12. The van der Waals surface area contributed by atoms with Crippen LogP contribution in [0, 0.1) is 6.92 Å². The van der Waals surface area contributed by atoms with E-state index in [1.165, 1.54) is 0 Å². The van der Waals surface area contributed by atoms with Gasteiger partial charge in [0.25, 0.3) is 0 Å². The van der Waals surface area contributed by atoms with Crippen LogP contribution >= 0.6 is 11.3 Å². The minimum absolute atomic E-state index is 0.0213. The smallest absolute Gasteiger partial charge is 0.241 e. The summed E-state index contributed by atoms with van der Waals surface area (Å²) >= 11 is 1.57. The average Bonchev–Trinajstić information content (AvgIpc) is 3.30. The van der Waals surface area contributed by atoms with E-state index in [9.17, 15) is 4.79 Å². The molecular weight excluding hydrogens is 424 g/mol. The molecule has 0 N–H and O–H groups in total. The Balaban J connectivity index is 1.63. The molecule has 33 heavy (non-hydrogen) atoms. The van der Waals surface area contributed by atoms with Gasteiger partial charge in [-0.3, -0.25) is 9.69 Å². The van der Waals surface area contributed by atoms with Crippen molar-refractivity contribution in [1.82, 2.24) is 4.98 Å². The molecule has 0 aliphatic heterocycles. The lowest BCUT2D eigenvalue weighted by molar-refractivity contribution is -0.119. The van der Waals surface area contributed by atoms with Gasteiger partial charge in [-0.2, -0.15) is 0 Å². The zero-order chi connectivity index (χ0) is 22.6. The highest BCUT2D eigenvalue weighted by molar-refractivity contribution is 7.22. The minimum atomic E-state index is -0.413. The quantitative estimate of drug-likeness (QED) is 0.281. The molecule has 5 aromatic rings. The van der Waals surface area contributed by atoms with Crippen molar-refractivity contribution in [2.24, 2.45) is 0 Å². The van der Waals surface area contributed by atoms with Gasteiger partial charge in [0.1, 0.15) is 0 Å². The van der Waals surface area contributed by atoms with E-state index in [1.807, 2.05) is 89.8 Å². The van der Waals surface area contributed by atoms with E-state index in [4.69, 9.17) is 4.98 Å². The summed E-state index contributed by atoms with van der Waals surface area (Å²) < 4.78 is 1.09. The summed E-state index contributed by atoms with van der Waals surface area (Å²) in [6.45, 7) is 2.53. The molecule has 5 rings (SSSR count). The van der Waals surface area contributed by atoms with Gasteiger partial charge in [-0.25, -0.2) is 4.98 Å². The van der Waals surface area contributed by atoms with Gasteiger partial charge in [0, 0.05) is 0 Å². The van der Waals surface area contributed by atoms with Crippen molar-refractivity contribution < 1.29 is 4.79 Å². The molecule has 1 amide bonds. The number of para-hydroxylation sites is 1. The molecular formula is C29H24N2OS. The maximum Gasteiger partial charge on any atom is 0.241 e. The summed E-state index contributed by atoms with van der Waals surface area (Å²) in [6, 6.07) is 36.3. The SMILES string of the molecule is Cc1cccc2sc(N(Cc3ccccc3)C(=O)C(c3ccccc3)c3ccccc3)nc12. The molecule has 0 radical (unpaired) electrons. The number of carbonyl (C=O) groups excluding carboxylic acids is 1. The average molecular weight is 449 g/mol. The minimum Gasteiger partial charge on any atom is -0.283 e. The van der Waals surface area contributed by atoms with Gasteiger partial charge in [-0.1, -0.05) is 114 Å². The molecule has 0 aliphatic carbocycles. The van der Waals surface area contributed by atoms with Crippen LogP contribution in [0.1, 0.15) is 28.2 Å². The van der Waals surface area contributed by atoms with Crippen molar-refractivity contribution in [1.29, 1.82) is 0 Å². The maximum absolute atomic E-state index is 14.3. The van der Waals surface area contributed by atoms with Crippen molar-refractivity contribution in [2.45, 2.75) is 19.4 Å². The second-order valence-corrected chi connectivity index (χ2v) is 9.09. The Morgan fingerprint density at radius 1 is 0.788 bits per heavy atom. The van der Waals surface area contributed by atoms with Crippen LogP contribution < -0.4 is 4.90 Å². The second-order valence-electron chi connectivity index (χ2n) is 8.08. The third-order valence-electron chi connectivity index (χ3n) is 5.80. The fraction of sp³-hybridized carbons (Fsp3) is 0.103. The van der Waals surface area contributed by atoms with Crippen LogP contribution in [0.2, 0.25) is 0 Å². The highest BCUT2D eigenvalue weighted by atomic mass is 32.1. The topological polar surface area (TPSA) is 33.2 Å². The van der Waals surface area contributed by atoms with Crippen LogP contribution in [-0.4, -0.2) is 10.9 Å². The van der Waals surface area contributed by atoms with Gasteiger partial charge < -0.3 is 0 Å². The van der Waals surface area contributed by atoms with Crippen LogP contribution in [0.3, 0.4) is 0 Å². The van der Waals surface area contributed by atoms with Gasteiger partial charge in [0.15, 0.2) is 5.13 Å². The predicted molar refractivity (Wildman–Crippen MR) is 137 cm³/mol. The van der Waals surface area contributed by atoms with Gasteiger partial charge in [0.05, 0.1) is 22.7 Å². The Morgan fingerprint density at radius 3 is 1.94 bits per heavy atom. The van der Waals surface area contributed by atoms with Crippen molar-refractivity contribution >= 4 is 32.6 Å². The van der Waals surface area contributed by atoms with E-state index in [0.29, 0.717) is 6.54 Å². The molecule has 1 aromatic heterocycles. The number of anilines is 1. The Kier molecular flexibility index (Phi) is 6.01. The molecule has 0 bridgehead atoms. The number of aromatic nitrogens is 1. The highest BCUT2D eigenvalue weighted by Gasteiger charge is 2.30. The molecule has 0 atom stereocenters. The summed E-state index contributed by atoms with van der Waals surface area (Å²) in [5.41, 5.74) is 5.10. The van der Waals surface area contributed by atoms with Gasteiger partial charge in [-0.15, -0.1) is 0 Å². The molecule has 0 saturated heterocycles. The third-order valence-corrected chi connectivity index (χ3v) is 6.85. The summed E-state index contributed by atoms with van der Waals surface area (Å²) in [7, 11) is 0. The molecule has 0 aliphatic rings. The Bertz CT molecular complexity index is 1320. The predicted octanol–water partition coefficient (Wildman–Crippen LogP) is 6.97. The van der Waals surface area contributed by atoms with Crippen molar-refractivity contribution in [2.75, 3.05) is 4.90 Å². The number of aryl methyl sites for hydroxylation is 1. The summed E-state index contributed by atoms with van der Waals surface area (Å²) in [6.07, 6.45) is 0. The van der Waals surface area contributed by atoms with E-state index in [1.54, 1.807) is 11.3 Å². The number of hydrogen-bond acceptors (Lipinski definition) is 3. The highest BCUT2D eigenvalue weighted by Crippen LogP contribution is 2.35. The first-order valence-corrected chi connectivity index (χ1v) is 11.8. The number of carbonyl (C=O) groups is 1. The molecule has 162 valence electrons. The maximum atomic E-state index is 14.3. The largest absolute Gasteiger partial charge is 0.283 e. The molecule has 1 heterocycles. The third kappa shape index (κ3) is 4.43. The number of nitrogens with zero attached hydrogens (tertiary/aromatic N) is 2. The van der Waals surface area contributed by atoms with E-state index < -0.39 is 5.92 Å². The summed E-state index contributed by atoms with van der Waals surface area (Å²) in [5, 5.41) is 0.727. The van der Waals surface area contributed by atoms with Crippen LogP contribution in [0.25, 0.3) is 10.2 Å². The summed E-state index contributed by atoms with van der Waals surface area (Å²) in [4.78, 5) is 21.1. The van der Waals surface area contributed by atoms with Gasteiger partial charge in [0.2, 0.25) is 5.91 Å². The Hall–Kier alpha value is -3.76. The standard InChI is InChI=1S/C29H24N2OS/c1-21-12-11-19-25-27(21)30-29(33-25)31(20-22-13-5-2-6-14-22)28(32)26(23-15-7-3-8-16-23)24-17-9-4-10-18-24/h2-19,26H,20H2,1H3. The molecule has 0 saturated carbocycles. The van der Waals surface area contributed by atoms with Crippen LogP contribution in [0.15, 0.2) is 109 Å². The number of fused-ring (bicyclic) bond motifs is 1. The van der Waals surface area contributed by atoms with E-state index in [-0.39, 0.29) is 5.91 Å². The zero-order valence-electron chi connectivity index (χ0n) is 18.4. The lowest BCUT2D eigenvalue weighted by Crippen LogP contribution is -2.35. The van der Waals surface area contributed by atoms with Crippen molar-refractivity contribution in [3.05, 3.63) is 131 Å². The normalized spacial score (nSPS) is 11.1. The number of amides is 1. The van der Waals surface area contributed by atoms with Gasteiger partial charge in [-0.05, 0) is 35.2 Å². The van der Waals surface area contributed by atoms with Crippen LogP contribution in [0.5, 0.6) is 0 Å². The van der Waals surface area contributed by atoms with E-state index in [0.717, 1.165) is 37.6 Å². The van der Waals surface area contributed by atoms with Crippen molar-refractivity contribution in [3.63, 3.8) is 0 Å². The lowest BCUT2D eigenvalue weighted by atomic mass is 9.90. The molecule has 0 spiro atoms. The fourth-order valence-corrected chi connectivity index (χ4v) is 5.17. The number of thiazole rings is 1. The molecule has 4 aromatic carbocycles. The molecule has 4 heteroatoms. The monoisotopic (exact) mass is 448 g/mol. The van der Waals surface area contributed by atoms with Gasteiger partial charge >= 0.3 is 0 Å². The molecule has 3 nitrogen and oxygen atoms in total. The zero-order valence-corrected chi connectivity index (χ0v) is 19.2. The Labute approximate surface area is 198 Å². The number of rotatable bonds is 6. The molecule has 0 fully saturated rings. The first-order valence-electron chi connectivity index (χ1n) is 11.0. The first kappa shape index (κ1) is 21.1. The summed E-state index contributed by atoms with van der Waals surface area (Å²) in [5.74, 6) is -0.391. The Morgan fingerprint density at radius 2 is 1.36 bits per heavy atom. The molecule has 0 unspecified atom stereocenters. The first-order chi connectivity index (χ1) is 16.2. The lowest BCUT2D eigenvalue weighted by Gasteiger charge is -2.26. The van der Waals surface area contributed by atoms with Crippen LogP contribution in [0.4, 0.5) is 5.13 Å². The number of benzene rings is 4. The van der Waals surface area contributed by atoms with Crippen molar-refractivity contribution in [3.8, 4) is 0 Å². The van der Waals surface area contributed by atoms with E-state index in [2.05, 4.69) is 31.2 Å². The number of hydrogen-bond donors (Lipinski definition) is 0. The second kappa shape index (κ2) is 9.39. The van der Waals surface area contributed by atoms with E-state index >= 15 is 0 Å².